The van der Waals surface area contributed by atoms with Crippen molar-refractivity contribution in [2.75, 3.05) is 26.9 Å². The molecule has 0 N–H and O–H groups in total. The Bertz CT molecular complexity index is 4380. The maximum atomic E-state index is 8.05. The monoisotopic (exact) mass is 1510 g/mol. The van der Waals surface area contributed by atoms with Crippen molar-refractivity contribution in [3.63, 3.8) is 0 Å². The summed E-state index contributed by atoms with van der Waals surface area (Å²) < 4.78 is 124. The summed E-state index contributed by atoms with van der Waals surface area (Å²) >= 11 is 0. The second-order valence-corrected chi connectivity index (χ2v) is 28.0. The molecule has 112 heavy (non-hydrogen) atoms. The number of hydrogen-bond donors (Lipinski definition) is 0. The van der Waals surface area contributed by atoms with E-state index in [-0.39, 0.29) is 85.9 Å². The molecular weight excluding hydrogens is 1410 g/mol. The molecule has 0 aromatic heterocycles. The summed E-state index contributed by atoms with van der Waals surface area (Å²) in [6.45, 7) is 1.88. The van der Waals surface area contributed by atoms with Gasteiger partial charge in [-0.3, -0.25) is 0 Å². The first-order valence-electron chi connectivity index (χ1n) is 38.5. The van der Waals surface area contributed by atoms with Gasteiger partial charge in [-0.15, -0.1) is 0 Å². The molecule has 17 heteroatoms. The number of benzene rings is 11. The summed E-state index contributed by atoms with van der Waals surface area (Å²) in [6.07, 6.45) is -16.1. The van der Waals surface area contributed by atoms with E-state index >= 15 is 0 Å². The largest absolute Gasteiger partial charge is 0.497 e. The molecule has 3 saturated heterocycles. The van der Waals surface area contributed by atoms with Gasteiger partial charge in [-0.1, -0.05) is 303 Å². The van der Waals surface area contributed by atoms with Crippen LogP contribution in [0.3, 0.4) is 0 Å². The van der Waals surface area contributed by atoms with E-state index in [1.807, 2.05) is 328 Å². The fourth-order valence-corrected chi connectivity index (χ4v) is 14.1. The van der Waals surface area contributed by atoms with E-state index < -0.39 is 92.1 Å². The van der Waals surface area contributed by atoms with Crippen LogP contribution in [-0.4, -0.2) is 119 Å². The predicted octanol–water partition coefficient (Wildman–Crippen LogP) is 16.8. The number of methoxy groups -OCH3 is 1. The summed E-state index contributed by atoms with van der Waals surface area (Å²) in [5.74, 6) is 1.07. The first-order valence-corrected chi connectivity index (χ1v) is 38.5. The van der Waals surface area contributed by atoms with Crippen molar-refractivity contribution in [2.24, 2.45) is 0 Å². The Kier molecular flexibility index (Phi) is 29.9. The molecule has 0 amide bonds. The van der Waals surface area contributed by atoms with Gasteiger partial charge in [0.15, 0.2) is 18.7 Å². The van der Waals surface area contributed by atoms with Crippen LogP contribution in [0.4, 0.5) is 0 Å². The van der Waals surface area contributed by atoms with E-state index in [4.69, 9.17) is 80.5 Å². The fraction of sp³-hybridized carbons (Fsp3) is 0.305. The molecule has 3 aliphatic heterocycles. The van der Waals surface area contributed by atoms with Crippen molar-refractivity contribution in [1.82, 2.24) is 0 Å². The van der Waals surface area contributed by atoms with E-state index in [0.29, 0.717) is 11.5 Å². The maximum Gasteiger partial charge on any atom is 0.229 e. The molecule has 3 fully saturated rings. The molecule has 14 rings (SSSR count). The van der Waals surface area contributed by atoms with Gasteiger partial charge < -0.3 is 80.5 Å². The third-order valence-electron chi connectivity index (χ3n) is 19.8. The maximum absolute atomic E-state index is 8.05. The van der Waals surface area contributed by atoms with Crippen LogP contribution in [-0.2, 0) is 137 Å². The van der Waals surface area contributed by atoms with E-state index in [0.717, 1.165) is 55.6 Å². The molecule has 3 heterocycles. The molecule has 0 bridgehead atoms. The van der Waals surface area contributed by atoms with Crippen LogP contribution in [0.2, 0.25) is 0 Å². The van der Waals surface area contributed by atoms with Crippen LogP contribution in [0.1, 0.15) is 55.6 Å². The fourth-order valence-electron chi connectivity index (χ4n) is 14.1. The number of ether oxygens (including phenoxy) is 17. The van der Waals surface area contributed by atoms with Crippen LogP contribution < -0.4 is 9.47 Å². The summed E-state index contributed by atoms with van der Waals surface area (Å²) in [5, 5.41) is 0. The summed E-state index contributed by atoms with van der Waals surface area (Å²) in [5.41, 5.74) is 9.28. The van der Waals surface area contributed by atoms with Crippen molar-refractivity contribution in [3.8, 4) is 11.5 Å². The van der Waals surface area contributed by atoms with E-state index in [9.17, 15) is 0 Å². The minimum Gasteiger partial charge on any atom is -0.497 e. The molecule has 11 aromatic rings. The van der Waals surface area contributed by atoms with Crippen molar-refractivity contribution >= 4 is 0 Å². The van der Waals surface area contributed by atoms with Crippen LogP contribution in [0.5, 0.6) is 11.5 Å². The molecule has 0 radical (unpaired) electrons. The molecule has 0 aliphatic carbocycles. The normalized spacial score (nSPS) is 23.7. The average Bonchev–Trinajstić information content (AvgIpc) is 0.757. The number of rotatable bonds is 40. The molecule has 11 aromatic carbocycles. The van der Waals surface area contributed by atoms with Crippen molar-refractivity contribution in [1.29, 1.82) is 0 Å². The van der Waals surface area contributed by atoms with Crippen molar-refractivity contribution < 1.29 is 80.5 Å². The Morgan fingerprint density at radius 1 is 0.205 bits per heavy atom. The van der Waals surface area contributed by atoms with E-state index in [1.54, 1.807) is 7.11 Å². The second kappa shape index (κ2) is 42.3. The Balaban J connectivity index is 0.933. The lowest BCUT2D eigenvalue weighted by molar-refractivity contribution is -0.402. The number of hydrogen-bond acceptors (Lipinski definition) is 17. The summed E-state index contributed by atoms with van der Waals surface area (Å²) in [7, 11) is 1.62. The highest BCUT2D eigenvalue weighted by Gasteiger charge is 2.58. The quantitative estimate of drug-likeness (QED) is 0.0357. The molecule has 0 spiro atoms. The topological polar surface area (TPSA) is 157 Å². The highest BCUT2D eigenvalue weighted by molar-refractivity contribution is 5.32. The third-order valence-corrected chi connectivity index (χ3v) is 19.8. The van der Waals surface area contributed by atoms with E-state index in [2.05, 4.69) is 0 Å². The van der Waals surface area contributed by atoms with Gasteiger partial charge in [-0.2, -0.15) is 0 Å². The van der Waals surface area contributed by atoms with Gasteiger partial charge >= 0.3 is 0 Å². The highest BCUT2D eigenvalue weighted by Crippen LogP contribution is 2.41. The van der Waals surface area contributed by atoms with E-state index in [1.165, 1.54) is 0 Å². The zero-order valence-electron chi connectivity index (χ0n) is 63.0. The Morgan fingerprint density at radius 2 is 0.411 bits per heavy atom. The van der Waals surface area contributed by atoms with Crippen LogP contribution >= 0.6 is 0 Å². The van der Waals surface area contributed by atoms with Gasteiger partial charge in [0.1, 0.15) is 78.6 Å². The Labute approximate surface area is 656 Å². The smallest absolute Gasteiger partial charge is 0.229 e. The lowest BCUT2D eigenvalue weighted by Crippen LogP contribution is -2.68. The van der Waals surface area contributed by atoms with Gasteiger partial charge in [-0.25, -0.2) is 0 Å². The molecule has 3 aliphatic rings. The second-order valence-electron chi connectivity index (χ2n) is 28.0. The molecule has 580 valence electrons. The standard InChI is InChI=1S/C95H98O17/c1-96-79-52-54-80(55-53-79)107-94-91(88(104-63-76-46-26-9-27-47-76)85(101-60-73-40-20-6-21-41-73)82(109-94)67-98-57-70-34-14-3-15-35-70)112-95-92(89(105-64-77-48-28-10-29-49-77)86(102-61-74-42-22-7-23-43-74)83(110-95)68-99-58-71-36-16-4-17-37-71)111-93-90(106-65-78-50-30-11-31-51-78)87(103-62-75-44-24-8-25-45-75)84(100-59-72-38-18-5-19-39-72)81(108-93)66-97-56-69-32-12-2-13-33-69/h2-55,81-95H,56-68H2,1H3/t81-,82-,83-,84-,85-,86-,87+,88+,89+,90+,91+,92+,93+,94+,95-/m1/s1. The Hall–Kier alpha value is -9.58. The summed E-state index contributed by atoms with van der Waals surface area (Å²) in [4.78, 5) is 0. The third kappa shape index (κ3) is 23.1. The lowest BCUT2D eigenvalue weighted by atomic mass is 9.95. The van der Waals surface area contributed by atoms with Gasteiger partial charge in [0.25, 0.3) is 0 Å². The van der Waals surface area contributed by atoms with Gasteiger partial charge in [0.2, 0.25) is 6.29 Å². The van der Waals surface area contributed by atoms with Crippen molar-refractivity contribution in [3.05, 3.63) is 383 Å². The minimum absolute atomic E-state index is 0.00392. The highest BCUT2D eigenvalue weighted by atomic mass is 16.8. The zero-order valence-corrected chi connectivity index (χ0v) is 63.0. The molecule has 0 unspecified atom stereocenters. The summed E-state index contributed by atoms with van der Waals surface area (Å²) in [6, 6.07) is 107. The first kappa shape index (κ1) is 79.1. The zero-order chi connectivity index (χ0) is 76.0. The lowest BCUT2D eigenvalue weighted by Gasteiger charge is -2.52. The van der Waals surface area contributed by atoms with Crippen molar-refractivity contribution in [2.45, 2.75) is 158 Å². The molecule has 0 saturated carbocycles. The average molecular weight is 1510 g/mol. The first-order chi connectivity index (χ1) is 55.5. The molecular formula is C95H98O17. The van der Waals surface area contributed by atoms with Gasteiger partial charge in [-0.05, 0) is 79.9 Å². The van der Waals surface area contributed by atoms with Crippen LogP contribution in [0.25, 0.3) is 0 Å². The molecule has 15 atom stereocenters. The SMILES string of the molecule is COc1ccc(O[C@H]2O[C@H](COCc3ccccc3)[C@@H](OCc3ccccc3)[C@H](OCc3ccccc3)[C@@H]2O[C@H]2O[C@H](COCc3ccccc3)[C@@H](OCc3ccccc3)[C@H](OCc3ccccc3)[C@@H]2O[C@@H]2O[C@H](COCc3ccccc3)[C@@H](OCc3ccccc3)[C@H](OCc3ccccc3)[C@@H]2OCc2ccccc2)cc1. The van der Waals surface area contributed by atoms with Gasteiger partial charge in [0.05, 0.1) is 93.0 Å². The van der Waals surface area contributed by atoms with Gasteiger partial charge in [0, 0.05) is 0 Å². The molecule has 17 nitrogen and oxygen atoms in total. The van der Waals surface area contributed by atoms with Crippen LogP contribution in [0.15, 0.2) is 328 Å². The predicted molar refractivity (Wildman–Crippen MR) is 423 cm³/mol. The Morgan fingerprint density at radius 3 is 0.679 bits per heavy atom. The van der Waals surface area contributed by atoms with Crippen LogP contribution in [0, 0.1) is 0 Å². The minimum atomic E-state index is -1.47.